The normalized spacial score (nSPS) is 11.2. The van der Waals surface area contributed by atoms with Crippen LogP contribution in [-0.2, 0) is 12.0 Å². The molecule has 0 fully saturated rings. The zero-order valence-electron chi connectivity index (χ0n) is 18.7. The van der Waals surface area contributed by atoms with Crippen molar-refractivity contribution < 1.29 is 24.1 Å². The molecule has 0 aliphatic heterocycles. The summed E-state index contributed by atoms with van der Waals surface area (Å²) in [4.78, 5) is 13.1. The van der Waals surface area contributed by atoms with Crippen LogP contribution in [0.15, 0.2) is 24.3 Å². The molecule has 3 rings (SSSR count). The molecular weight excluding hydrogens is 438 g/mol. The molecule has 1 aromatic carbocycles. The lowest BCUT2D eigenvalue weighted by Crippen LogP contribution is -2.26. The number of aliphatic hydroxyl groups is 1. The molecule has 11 heteroatoms. The van der Waals surface area contributed by atoms with E-state index >= 15 is 0 Å². The zero-order valence-corrected chi connectivity index (χ0v) is 19.5. The summed E-state index contributed by atoms with van der Waals surface area (Å²) in [7, 11) is 2.94. The van der Waals surface area contributed by atoms with Crippen molar-refractivity contribution in [2.45, 2.75) is 32.7 Å². The molecule has 0 amide bonds. The number of hydrogen-bond acceptors (Lipinski definition) is 8. The van der Waals surface area contributed by atoms with E-state index in [1.54, 1.807) is 12.1 Å². The van der Waals surface area contributed by atoms with Crippen LogP contribution in [0.1, 0.15) is 36.7 Å². The number of hydrogen-bond donors (Lipinski definition) is 2. The molecule has 0 aliphatic rings. The predicted octanol–water partition coefficient (Wildman–Crippen LogP) is 2.00. The van der Waals surface area contributed by atoms with Crippen molar-refractivity contribution in [3.8, 4) is 17.4 Å². The monoisotopic (exact) mass is 465 g/mol. The number of Topliss-reactive ketones (excluding diaryl/α,β-unsaturated/α-hetero) is 1. The SMILES string of the molecule is COc1cc(OC)c2nn(CC(=O)c3cc(OCCO)cc(C(C)(C)C)c3)c(=N)n2n1.Cl. The summed E-state index contributed by atoms with van der Waals surface area (Å²) in [5, 5.41) is 26.0. The van der Waals surface area contributed by atoms with Gasteiger partial charge in [-0.25, -0.2) is 4.68 Å². The van der Waals surface area contributed by atoms with Gasteiger partial charge in [0.15, 0.2) is 11.5 Å². The summed E-state index contributed by atoms with van der Waals surface area (Å²) >= 11 is 0. The Morgan fingerprint density at radius 3 is 2.44 bits per heavy atom. The quantitative estimate of drug-likeness (QED) is 0.487. The van der Waals surface area contributed by atoms with Crippen LogP contribution in [0.4, 0.5) is 0 Å². The highest BCUT2D eigenvalue weighted by Crippen LogP contribution is 2.28. The number of methoxy groups -OCH3 is 2. The van der Waals surface area contributed by atoms with Crippen LogP contribution in [0.5, 0.6) is 17.4 Å². The van der Waals surface area contributed by atoms with Crippen LogP contribution >= 0.6 is 12.4 Å². The molecule has 0 saturated heterocycles. The molecule has 0 saturated carbocycles. The number of aromatic nitrogens is 4. The standard InChI is InChI=1S/C21H27N5O5.ClH/c1-21(2,3)14-8-13(9-15(10-14)31-7-6-27)16(28)12-25-20(22)26-19(24-25)17(29-4)11-18(23-26)30-5;/h8-11,22,27H,6-7,12H2,1-5H3;1H. The first-order valence-electron chi connectivity index (χ1n) is 9.74. The van der Waals surface area contributed by atoms with Gasteiger partial charge < -0.3 is 19.3 Å². The molecule has 2 N–H and O–H groups in total. The second-order valence-corrected chi connectivity index (χ2v) is 7.96. The topological polar surface area (TPSA) is 124 Å². The van der Waals surface area contributed by atoms with Crippen molar-refractivity contribution in [3.05, 3.63) is 41.0 Å². The van der Waals surface area contributed by atoms with Crippen LogP contribution < -0.4 is 19.8 Å². The molecule has 0 bridgehead atoms. The molecule has 3 aromatic rings. The van der Waals surface area contributed by atoms with Crippen molar-refractivity contribution in [2.24, 2.45) is 0 Å². The van der Waals surface area contributed by atoms with Crippen molar-refractivity contribution in [3.63, 3.8) is 0 Å². The van der Waals surface area contributed by atoms with Crippen LogP contribution in [0.3, 0.4) is 0 Å². The lowest BCUT2D eigenvalue weighted by Gasteiger charge is -2.21. The minimum atomic E-state index is -0.243. The van der Waals surface area contributed by atoms with Gasteiger partial charge in [-0.05, 0) is 29.2 Å². The molecule has 2 heterocycles. The van der Waals surface area contributed by atoms with Gasteiger partial charge in [-0.3, -0.25) is 10.2 Å². The Morgan fingerprint density at radius 1 is 1.12 bits per heavy atom. The molecule has 174 valence electrons. The summed E-state index contributed by atoms with van der Waals surface area (Å²) in [6.45, 7) is 5.96. The first-order chi connectivity index (χ1) is 14.7. The highest BCUT2D eigenvalue weighted by atomic mass is 35.5. The number of rotatable bonds is 8. The first kappa shape index (κ1) is 25.2. The summed E-state index contributed by atoms with van der Waals surface area (Å²) in [6.07, 6.45) is 0. The van der Waals surface area contributed by atoms with Crippen LogP contribution in [0.25, 0.3) is 5.65 Å². The molecule has 10 nitrogen and oxygen atoms in total. The molecule has 0 atom stereocenters. The molecular formula is C21H28ClN5O5. The van der Waals surface area contributed by atoms with E-state index in [4.69, 9.17) is 24.7 Å². The number of halogens is 1. The zero-order chi connectivity index (χ0) is 22.8. The Bertz CT molecular complexity index is 1170. The first-order valence-corrected chi connectivity index (χ1v) is 9.74. The maximum Gasteiger partial charge on any atom is 0.242 e. The van der Waals surface area contributed by atoms with Gasteiger partial charge in [0.2, 0.25) is 17.1 Å². The van der Waals surface area contributed by atoms with E-state index in [0.29, 0.717) is 22.7 Å². The Hall–Kier alpha value is -3.11. The molecule has 0 aliphatic carbocycles. The third kappa shape index (κ3) is 5.20. The number of benzene rings is 1. The Morgan fingerprint density at radius 2 is 1.84 bits per heavy atom. The Balaban J connectivity index is 0.00000363. The van der Waals surface area contributed by atoms with Crippen LogP contribution in [-0.4, -0.2) is 57.7 Å². The van der Waals surface area contributed by atoms with Crippen molar-refractivity contribution >= 4 is 23.8 Å². The largest absolute Gasteiger partial charge is 0.493 e. The third-order valence-corrected chi connectivity index (χ3v) is 4.71. The number of ether oxygens (including phenoxy) is 3. The fourth-order valence-corrected chi connectivity index (χ4v) is 2.99. The molecule has 2 aromatic heterocycles. The number of ketones is 1. The van der Waals surface area contributed by atoms with E-state index in [0.717, 1.165) is 5.56 Å². The van der Waals surface area contributed by atoms with Crippen molar-refractivity contribution in [1.29, 1.82) is 5.41 Å². The number of nitrogens with zero attached hydrogens (tertiary/aromatic N) is 4. The van der Waals surface area contributed by atoms with Gasteiger partial charge in [0, 0.05) is 11.6 Å². The van der Waals surface area contributed by atoms with E-state index in [1.807, 2.05) is 32.9 Å². The fourth-order valence-electron chi connectivity index (χ4n) is 2.99. The maximum atomic E-state index is 13.1. The van der Waals surface area contributed by atoms with Crippen molar-refractivity contribution in [2.75, 3.05) is 27.4 Å². The second-order valence-electron chi connectivity index (χ2n) is 7.96. The number of carbonyl (C=O) groups excluding carboxylic acids is 1. The van der Waals surface area contributed by atoms with Gasteiger partial charge in [-0.2, -0.15) is 4.52 Å². The van der Waals surface area contributed by atoms with E-state index in [-0.39, 0.29) is 54.9 Å². The van der Waals surface area contributed by atoms with Crippen LogP contribution in [0, 0.1) is 5.41 Å². The highest BCUT2D eigenvalue weighted by molar-refractivity contribution is 5.96. The highest BCUT2D eigenvalue weighted by Gasteiger charge is 2.20. The summed E-state index contributed by atoms with van der Waals surface area (Å²) in [5.41, 5.74) is 1.35. The van der Waals surface area contributed by atoms with Gasteiger partial charge >= 0.3 is 0 Å². The summed E-state index contributed by atoms with van der Waals surface area (Å²) in [5.74, 6) is 0.898. The summed E-state index contributed by atoms with van der Waals surface area (Å²) in [6, 6.07) is 6.87. The molecule has 0 radical (unpaired) electrons. The Kier molecular flexibility index (Phi) is 7.87. The minimum absolute atomic E-state index is 0. The summed E-state index contributed by atoms with van der Waals surface area (Å²) < 4.78 is 18.5. The predicted molar refractivity (Wildman–Crippen MR) is 119 cm³/mol. The van der Waals surface area contributed by atoms with E-state index in [2.05, 4.69) is 10.2 Å². The fraction of sp³-hybridized carbons (Fsp3) is 0.429. The van der Waals surface area contributed by atoms with Gasteiger partial charge in [-0.15, -0.1) is 22.6 Å². The van der Waals surface area contributed by atoms with Crippen LogP contribution in [0.2, 0.25) is 0 Å². The Labute approximate surface area is 191 Å². The van der Waals surface area contributed by atoms with Crippen molar-refractivity contribution in [1.82, 2.24) is 19.4 Å². The number of fused-ring (bicyclic) bond motifs is 1. The van der Waals surface area contributed by atoms with Gasteiger partial charge in [-0.1, -0.05) is 20.8 Å². The maximum absolute atomic E-state index is 13.1. The average Bonchev–Trinajstić information content (AvgIpc) is 3.06. The smallest absolute Gasteiger partial charge is 0.242 e. The van der Waals surface area contributed by atoms with Gasteiger partial charge in [0.1, 0.15) is 18.9 Å². The van der Waals surface area contributed by atoms with E-state index < -0.39 is 0 Å². The number of nitrogens with one attached hydrogen (secondary N) is 1. The molecule has 0 spiro atoms. The molecule has 0 unspecified atom stereocenters. The van der Waals surface area contributed by atoms with Gasteiger partial charge in [0.25, 0.3) is 0 Å². The molecule has 32 heavy (non-hydrogen) atoms. The van der Waals surface area contributed by atoms with Gasteiger partial charge in [0.05, 0.1) is 20.8 Å². The average molecular weight is 466 g/mol. The number of aliphatic hydroxyl groups excluding tert-OH is 1. The van der Waals surface area contributed by atoms with E-state index in [1.165, 1.54) is 23.4 Å². The van der Waals surface area contributed by atoms with E-state index in [9.17, 15) is 4.79 Å². The lowest BCUT2D eigenvalue weighted by molar-refractivity contribution is 0.0965. The minimum Gasteiger partial charge on any atom is -0.493 e. The lowest BCUT2D eigenvalue weighted by atomic mass is 9.85. The second kappa shape index (κ2) is 10.0. The third-order valence-electron chi connectivity index (χ3n) is 4.71. The number of carbonyl (C=O) groups is 1.